The topological polar surface area (TPSA) is 165 Å². The van der Waals surface area contributed by atoms with Crippen LogP contribution in [0, 0.1) is 45.3 Å². The molecule has 0 radical (unpaired) electrons. The Morgan fingerprint density at radius 3 is 1.35 bits per heavy atom. The van der Waals surface area contributed by atoms with Crippen molar-refractivity contribution in [3.63, 3.8) is 0 Å². The Balaban J connectivity index is 0.000000236. The number of ether oxygens (including phenoxy) is 1. The predicted molar refractivity (Wildman–Crippen MR) is 161 cm³/mol. The molecule has 0 bridgehead atoms. The summed E-state index contributed by atoms with van der Waals surface area (Å²) in [5.74, 6) is -1.01. The molecule has 43 heavy (non-hydrogen) atoms. The number of aromatic hydroxyl groups is 3. The fourth-order valence-electron chi connectivity index (χ4n) is 4.54. The Morgan fingerprint density at radius 2 is 0.977 bits per heavy atom. The number of nitriles is 4. The standard InChI is InChI=1S/C18H16N2O2.C17H14N2O2/c1-3-12-4-6-13(7-5-12)8-15-14(10-19)9-17(22-2)18(21)16(15)11-20;1-2-11-3-5-12(6-4-11)7-14-13(9-18)8-16(20)17(21)15(14)10-19/h4-7,9,21H,3,8H2,1-2H3;3-6,8,20-21H,2,7H2,1H3. The molecule has 0 aliphatic carbocycles. The fourth-order valence-corrected chi connectivity index (χ4v) is 4.54. The molecule has 0 fully saturated rings. The molecule has 0 atom stereocenters. The highest BCUT2D eigenvalue weighted by Crippen LogP contribution is 2.36. The number of nitrogens with zero attached hydrogens (tertiary/aromatic N) is 4. The summed E-state index contributed by atoms with van der Waals surface area (Å²) in [5, 5.41) is 66.4. The summed E-state index contributed by atoms with van der Waals surface area (Å²) >= 11 is 0. The molecule has 0 saturated carbocycles. The first-order valence-electron chi connectivity index (χ1n) is 13.5. The molecular formula is C35H30N4O4. The maximum absolute atomic E-state index is 10.1. The van der Waals surface area contributed by atoms with Gasteiger partial charge in [0.2, 0.25) is 0 Å². The Kier molecular flexibility index (Phi) is 10.7. The molecule has 0 aliphatic rings. The van der Waals surface area contributed by atoms with Gasteiger partial charge in [-0.1, -0.05) is 62.4 Å². The third-order valence-electron chi connectivity index (χ3n) is 7.07. The molecule has 4 rings (SSSR count). The van der Waals surface area contributed by atoms with Crippen molar-refractivity contribution in [1.29, 1.82) is 21.0 Å². The number of phenolic OH excluding ortho intramolecular Hbond substituents is 3. The van der Waals surface area contributed by atoms with E-state index >= 15 is 0 Å². The van der Waals surface area contributed by atoms with Crippen LogP contribution in [0.4, 0.5) is 0 Å². The second kappa shape index (κ2) is 14.6. The highest BCUT2D eigenvalue weighted by atomic mass is 16.5. The van der Waals surface area contributed by atoms with E-state index in [1.54, 1.807) is 0 Å². The van der Waals surface area contributed by atoms with Crippen molar-refractivity contribution in [1.82, 2.24) is 0 Å². The van der Waals surface area contributed by atoms with Gasteiger partial charge in [0.05, 0.1) is 30.4 Å². The SMILES string of the molecule is CCc1ccc(Cc2c(C#N)cc(O)c(O)c2C#N)cc1.CCc1ccc(Cc2c(C#N)cc(OC)c(O)c2C#N)cc1. The van der Waals surface area contributed by atoms with Crippen LogP contribution in [0.1, 0.15) is 69.5 Å². The summed E-state index contributed by atoms with van der Waals surface area (Å²) in [5.41, 5.74) is 5.87. The molecule has 0 heterocycles. The number of hydrogen-bond donors (Lipinski definition) is 3. The lowest BCUT2D eigenvalue weighted by atomic mass is 9.94. The van der Waals surface area contributed by atoms with E-state index in [4.69, 9.17) is 10.00 Å². The molecule has 8 nitrogen and oxygen atoms in total. The average molecular weight is 571 g/mol. The Labute approximate surface area is 251 Å². The largest absolute Gasteiger partial charge is 0.504 e. The first kappa shape index (κ1) is 31.6. The quantitative estimate of drug-likeness (QED) is 0.218. The van der Waals surface area contributed by atoms with E-state index in [2.05, 4.69) is 19.9 Å². The second-order valence-electron chi connectivity index (χ2n) is 9.61. The number of aryl methyl sites for hydroxylation is 2. The number of rotatable bonds is 7. The van der Waals surface area contributed by atoms with Crippen LogP contribution in [0.25, 0.3) is 0 Å². The minimum atomic E-state index is -0.475. The highest BCUT2D eigenvalue weighted by molar-refractivity contribution is 5.63. The molecule has 4 aromatic carbocycles. The van der Waals surface area contributed by atoms with Crippen molar-refractivity contribution < 1.29 is 20.1 Å². The number of benzene rings is 4. The fraction of sp³-hybridized carbons (Fsp3) is 0.200. The molecule has 0 unspecified atom stereocenters. The van der Waals surface area contributed by atoms with Crippen LogP contribution in [0.5, 0.6) is 23.0 Å². The highest BCUT2D eigenvalue weighted by Gasteiger charge is 2.19. The molecule has 0 spiro atoms. The van der Waals surface area contributed by atoms with Crippen molar-refractivity contribution >= 4 is 0 Å². The molecule has 0 aromatic heterocycles. The summed E-state index contributed by atoms with van der Waals surface area (Å²) in [6.45, 7) is 4.15. The van der Waals surface area contributed by atoms with Gasteiger partial charge in [-0.05, 0) is 46.2 Å². The zero-order chi connectivity index (χ0) is 31.5. The van der Waals surface area contributed by atoms with Crippen molar-refractivity contribution in [2.75, 3.05) is 7.11 Å². The molecule has 8 heteroatoms. The van der Waals surface area contributed by atoms with Gasteiger partial charge in [0.15, 0.2) is 23.0 Å². The molecular weight excluding hydrogens is 540 g/mol. The van der Waals surface area contributed by atoms with Crippen LogP contribution in [0.2, 0.25) is 0 Å². The second-order valence-corrected chi connectivity index (χ2v) is 9.61. The Hall–Kier alpha value is -5.96. The average Bonchev–Trinajstić information content (AvgIpc) is 3.04. The van der Waals surface area contributed by atoms with Gasteiger partial charge in [-0.2, -0.15) is 21.0 Å². The van der Waals surface area contributed by atoms with Gasteiger partial charge in [-0.15, -0.1) is 0 Å². The first-order valence-corrected chi connectivity index (χ1v) is 13.5. The zero-order valence-corrected chi connectivity index (χ0v) is 24.1. The van der Waals surface area contributed by atoms with Gasteiger partial charge >= 0.3 is 0 Å². The van der Waals surface area contributed by atoms with E-state index in [1.165, 1.54) is 30.4 Å². The number of methoxy groups -OCH3 is 1. The maximum atomic E-state index is 10.1. The lowest BCUT2D eigenvalue weighted by Gasteiger charge is -2.12. The van der Waals surface area contributed by atoms with Crippen LogP contribution in [-0.4, -0.2) is 22.4 Å². The van der Waals surface area contributed by atoms with Crippen molar-refractivity contribution in [3.8, 4) is 47.3 Å². The Bertz CT molecular complexity index is 1780. The van der Waals surface area contributed by atoms with Crippen LogP contribution < -0.4 is 4.74 Å². The van der Waals surface area contributed by atoms with E-state index in [-0.39, 0.29) is 28.2 Å². The van der Waals surface area contributed by atoms with Gasteiger partial charge in [0, 0.05) is 25.0 Å². The molecule has 4 aromatic rings. The third-order valence-corrected chi connectivity index (χ3v) is 7.07. The third kappa shape index (κ3) is 7.22. The first-order chi connectivity index (χ1) is 20.7. The normalized spacial score (nSPS) is 9.84. The van der Waals surface area contributed by atoms with Crippen LogP contribution in [0.15, 0.2) is 60.7 Å². The molecule has 0 saturated heterocycles. The van der Waals surface area contributed by atoms with Crippen molar-refractivity contribution in [2.45, 2.75) is 39.5 Å². The van der Waals surface area contributed by atoms with E-state index in [0.717, 1.165) is 24.0 Å². The molecule has 0 aliphatic heterocycles. The molecule has 0 amide bonds. The van der Waals surface area contributed by atoms with E-state index in [0.29, 0.717) is 29.5 Å². The smallest absolute Gasteiger partial charge is 0.176 e. The van der Waals surface area contributed by atoms with Gasteiger partial charge in [-0.25, -0.2) is 0 Å². The lowest BCUT2D eigenvalue weighted by Crippen LogP contribution is -2.00. The summed E-state index contributed by atoms with van der Waals surface area (Å²) in [4.78, 5) is 0. The monoisotopic (exact) mass is 570 g/mol. The van der Waals surface area contributed by atoms with E-state index < -0.39 is 11.5 Å². The van der Waals surface area contributed by atoms with Crippen LogP contribution in [0.3, 0.4) is 0 Å². The lowest BCUT2D eigenvalue weighted by molar-refractivity contribution is 0.372. The van der Waals surface area contributed by atoms with Gasteiger partial charge in [0.25, 0.3) is 0 Å². The number of hydrogen-bond acceptors (Lipinski definition) is 8. The minimum Gasteiger partial charge on any atom is -0.504 e. The summed E-state index contributed by atoms with van der Waals surface area (Å²) in [6, 6.07) is 26.4. The Morgan fingerprint density at radius 1 is 0.581 bits per heavy atom. The van der Waals surface area contributed by atoms with Crippen LogP contribution >= 0.6 is 0 Å². The van der Waals surface area contributed by atoms with Crippen molar-refractivity contribution in [2.24, 2.45) is 0 Å². The van der Waals surface area contributed by atoms with E-state index in [9.17, 15) is 31.1 Å². The van der Waals surface area contributed by atoms with Gasteiger partial charge in [0.1, 0.15) is 23.3 Å². The minimum absolute atomic E-state index is 0.0499. The maximum Gasteiger partial charge on any atom is 0.176 e. The number of phenols is 3. The van der Waals surface area contributed by atoms with Gasteiger partial charge in [-0.3, -0.25) is 0 Å². The summed E-state index contributed by atoms with van der Waals surface area (Å²) < 4.78 is 5.01. The van der Waals surface area contributed by atoms with Crippen LogP contribution in [-0.2, 0) is 25.7 Å². The zero-order valence-electron chi connectivity index (χ0n) is 24.1. The molecule has 3 N–H and O–H groups in total. The molecule has 214 valence electrons. The summed E-state index contributed by atoms with van der Waals surface area (Å²) in [7, 11) is 1.39. The van der Waals surface area contributed by atoms with Gasteiger partial charge < -0.3 is 20.1 Å². The van der Waals surface area contributed by atoms with Crippen molar-refractivity contribution in [3.05, 3.63) is 116 Å². The van der Waals surface area contributed by atoms with E-state index in [1.807, 2.05) is 66.7 Å². The summed E-state index contributed by atoms with van der Waals surface area (Å²) in [6.07, 6.45) is 2.65. The predicted octanol–water partition coefficient (Wildman–Crippen LogP) is 6.29.